The van der Waals surface area contributed by atoms with Crippen molar-refractivity contribution < 1.29 is 9.90 Å². The maximum Gasteiger partial charge on any atom is 0.309 e. The maximum absolute atomic E-state index is 10.6. The van der Waals surface area contributed by atoms with Gasteiger partial charge in [0, 0.05) is 32.0 Å². The summed E-state index contributed by atoms with van der Waals surface area (Å²) in [6, 6.07) is 0. The Labute approximate surface area is 88.3 Å². The summed E-state index contributed by atoms with van der Waals surface area (Å²) in [7, 11) is 0. The van der Waals surface area contributed by atoms with Gasteiger partial charge in [-0.05, 0) is 6.92 Å². The van der Waals surface area contributed by atoms with E-state index in [1.54, 1.807) is 6.20 Å². The molecule has 0 spiro atoms. The minimum Gasteiger partial charge on any atom is -0.481 e. The molecule has 5 nitrogen and oxygen atoms in total. The number of aryl methyl sites for hydroxylation is 1. The molecular formula is C10H15N3O2. The number of rotatable bonds is 4. The predicted molar refractivity (Wildman–Crippen MR) is 54.3 cm³/mol. The van der Waals surface area contributed by atoms with E-state index in [-0.39, 0.29) is 5.92 Å². The van der Waals surface area contributed by atoms with E-state index in [9.17, 15) is 4.79 Å². The fourth-order valence-electron chi connectivity index (χ4n) is 1.83. The average molecular weight is 209 g/mol. The quantitative estimate of drug-likeness (QED) is 0.780. The Kier molecular flexibility index (Phi) is 2.73. The standard InChI is InChI=1S/C10H15N3O2/c1-2-13-4-3-11-9(13)7-12-5-8(6-12)10(14)15/h3-4,8H,2,5-7H2,1H3,(H,14,15). The number of carbonyl (C=O) groups is 1. The first-order chi connectivity index (χ1) is 7.20. The van der Waals surface area contributed by atoms with Gasteiger partial charge in [-0.15, -0.1) is 0 Å². The van der Waals surface area contributed by atoms with Crippen molar-refractivity contribution >= 4 is 5.97 Å². The molecule has 1 aromatic heterocycles. The first-order valence-electron chi connectivity index (χ1n) is 5.16. The van der Waals surface area contributed by atoms with Gasteiger partial charge in [-0.25, -0.2) is 4.98 Å². The summed E-state index contributed by atoms with van der Waals surface area (Å²) in [5.41, 5.74) is 0. The number of hydrogen-bond acceptors (Lipinski definition) is 3. The van der Waals surface area contributed by atoms with Crippen molar-refractivity contribution in [3.63, 3.8) is 0 Å². The van der Waals surface area contributed by atoms with Crippen LogP contribution in [0, 0.1) is 5.92 Å². The van der Waals surface area contributed by atoms with Crippen molar-refractivity contribution in [3.05, 3.63) is 18.2 Å². The first kappa shape index (κ1) is 10.2. The minimum absolute atomic E-state index is 0.185. The van der Waals surface area contributed by atoms with Crippen molar-refractivity contribution in [2.45, 2.75) is 20.0 Å². The topological polar surface area (TPSA) is 58.4 Å². The van der Waals surface area contributed by atoms with Crippen LogP contribution in [0.3, 0.4) is 0 Å². The van der Waals surface area contributed by atoms with E-state index in [1.807, 2.05) is 6.20 Å². The number of likely N-dealkylation sites (tertiary alicyclic amines) is 1. The van der Waals surface area contributed by atoms with Crippen molar-refractivity contribution in [2.24, 2.45) is 5.92 Å². The molecule has 1 aromatic rings. The zero-order valence-electron chi connectivity index (χ0n) is 8.76. The van der Waals surface area contributed by atoms with E-state index < -0.39 is 5.97 Å². The Morgan fingerprint density at radius 1 is 1.67 bits per heavy atom. The lowest BCUT2D eigenvalue weighted by Gasteiger charge is -2.36. The highest BCUT2D eigenvalue weighted by Crippen LogP contribution is 2.17. The van der Waals surface area contributed by atoms with Gasteiger partial charge in [0.2, 0.25) is 0 Å². The smallest absolute Gasteiger partial charge is 0.309 e. The molecule has 2 heterocycles. The molecule has 0 saturated carbocycles. The van der Waals surface area contributed by atoms with Gasteiger partial charge < -0.3 is 9.67 Å². The highest BCUT2D eigenvalue weighted by Gasteiger charge is 2.32. The highest BCUT2D eigenvalue weighted by atomic mass is 16.4. The third-order valence-electron chi connectivity index (χ3n) is 2.81. The van der Waals surface area contributed by atoms with E-state index in [1.165, 1.54) is 0 Å². The van der Waals surface area contributed by atoms with Gasteiger partial charge >= 0.3 is 5.97 Å². The molecular weight excluding hydrogens is 194 g/mol. The van der Waals surface area contributed by atoms with Crippen molar-refractivity contribution in [2.75, 3.05) is 13.1 Å². The molecule has 0 aromatic carbocycles. The summed E-state index contributed by atoms with van der Waals surface area (Å²) in [6.45, 7) is 5.02. The largest absolute Gasteiger partial charge is 0.481 e. The summed E-state index contributed by atoms with van der Waals surface area (Å²) in [4.78, 5) is 17.0. The summed E-state index contributed by atoms with van der Waals surface area (Å²) < 4.78 is 2.08. The van der Waals surface area contributed by atoms with Crippen molar-refractivity contribution in [1.29, 1.82) is 0 Å². The number of imidazole rings is 1. The van der Waals surface area contributed by atoms with Gasteiger partial charge in [0.05, 0.1) is 12.5 Å². The van der Waals surface area contributed by atoms with Gasteiger partial charge in [-0.1, -0.05) is 0 Å². The molecule has 0 amide bonds. The van der Waals surface area contributed by atoms with Crippen LogP contribution in [-0.2, 0) is 17.9 Å². The van der Waals surface area contributed by atoms with E-state index in [2.05, 4.69) is 21.4 Å². The molecule has 1 saturated heterocycles. The Morgan fingerprint density at radius 2 is 2.40 bits per heavy atom. The minimum atomic E-state index is -0.690. The lowest BCUT2D eigenvalue weighted by Crippen LogP contribution is -2.49. The summed E-state index contributed by atoms with van der Waals surface area (Å²) in [6.07, 6.45) is 3.73. The van der Waals surface area contributed by atoms with Crippen LogP contribution in [0.5, 0.6) is 0 Å². The van der Waals surface area contributed by atoms with Gasteiger partial charge in [-0.2, -0.15) is 0 Å². The molecule has 0 aliphatic carbocycles. The van der Waals surface area contributed by atoms with Gasteiger partial charge in [0.1, 0.15) is 5.82 Å². The number of nitrogens with zero attached hydrogens (tertiary/aromatic N) is 3. The van der Waals surface area contributed by atoms with Crippen LogP contribution in [0.15, 0.2) is 12.4 Å². The van der Waals surface area contributed by atoms with Gasteiger partial charge in [-0.3, -0.25) is 9.69 Å². The molecule has 1 aliphatic rings. The monoisotopic (exact) mass is 209 g/mol. The Morgan fingerprint density at radius 3 is 3.00 bits per heavy atom. The van der Waals surface area contributed by atoms with Crippen LogP contribution in [0.1, 0.15) is 12.7 Å². The maximum atomic E-state index is 10.6. The summed E-state index contributed by atoms with van der Waals surface area (Å²) in [5, 5.41) is 8.73. The number of carboxylic acids is 1. The van der Waals surface area contributed by atoms with Crippen LogP contribution >= 0.6 is 0 Å². The number of hydrogen-bond donors (Lipinski definition) is 1. The SMILES string of the molecule is CCn1ccnc1CN1CC(C(=O)O)C1. The molecule has 82 valence electrons. The van der Waals surface area contributed by atoms with E-state index in [0.717, 1.165) is 18.9 Å². The molecule has 1 fully saturated rings. The van der Waals surface area contributed by atoms with Crippen molar-refractivity contribution in [3.8, 4) is 0 Å². The lowest BCUT2D eigenvalue weighted by atomic mass is 10.0. The van der Waals surface area contributed by atoms with Crippen molar-refractivity contribution in [1.82, 2.24) is 14.5 Å². The lowest BCUT2D eigenvalue weighted by molar-refractivity contribution is -0.147. The van der Waals surface area contributed by atoms with Crippen LogP contribution in [-0.4, -0.2) is 38.6 Å². The summed E-state index contributed by atoms with van der Waals surface area (Å²) in [5.74, 6) is 0.140. The Balaban J connectivity index is 1.87. The second-order valence-corrected chi connectivity index (χ2v) is 3.86. The molecule has 0 radical (unpaired) electrons. The third kappa shape index (κ3) is 2.02. The first-order valence-corrected chi connectivity index (χ1v) is 5.16. The van der Waals surface area contributed by atoms with Crippen LogP contribution < -0.4 is 0 Å². The van der Waals surface area contributed by atoms with Crippen LogP contribution in [0.4, 0.5) is 0 Å². The Bertz CT molecular complexity index is 355. The molecule has 0 unspecified atom stereocenters. The second-order valence-electron chi connectivity index (χ2n) is 3.86. The predicted octanol–water partition coefficient (Wildman–Crippen LogP) is 0.419. The molecule has 5 heteroatoms. The normalized spacial score (nSPS) is 17.7. The molecule has 15 heavy (non-hydrogen) atoms. The fourth-order valence-corrected chi connectivity index (χ4v) is 1.83. The summed E-state index contributed by atoms with van der Waals surface area (Å²) >= 11 is 0. The highest BCUT2D eigenvalue weighted by molar-refractivity contribution is 5.71. The second kappa shape index (κ2) is 4.02. The molecule has 1 aliphatic heterocycles. The van der Waals surface area contributed by atoms with Crippen LogP contribution in [0.25, 0.3) is 0 Å². The zero-order chi connectivity index (χ0) is 10.8. The molecule has 2 rings (SSSR count). The average Bonchev–Trinajstić information content (AvgIpc) is 2.56. The Hall–Kier alpha value is -1.36. The van der Waals surface area contributed by atoms with E-state index >= 15 is 0 Å². The van der Waals surface area contributed by atoms with E-state index in [4.69, 9.17) is 5.11 Å². The fraction of sp³-hybridized carbons (Fsp3) is 0.600. The number of aliphatic carboxylic acids is 1. The molecule has 0 atom stereocenters. The van der Waals surface area contributed by atoms with Gasteiger partial charge in [0.15, 0.2) is 0 Å². The third-order valence-corrected chi connectivity index (χ3v) is 2.81. The molecule has 1 N–H and O–H groups in total. The number of carboxylic acid groups (broad SMARTS) is 1. The van der Waals surface area contributed by atoms with E-state index in [0.29, 0.717) is 13.1 Å². The zero-order valence-corrected chi connectivity index (χ0v) is 8.76. The number of aromatic nitrogens is 2. The van der Waals surface area contributed by atoms with Gasteiger partial charge in [0.25, 0.3) is 0 Å². The van der Waals surface area contributed by atoms with Crippen LogP contribution in [0.2, 0.25) is 0 Å². The molecule has 0 bridgehead atoms.